The highest BCUT2D eigenvalue weighted by Gasteiger charge is 2.60. The van der Waals surface area contributed by atoms with Gasteiger partial charge in [-0.3, -0.25) is 4.90 Å². The van der Waals surface area contributed by atoms with E-state index in [1.54, 1.807) is 0 Å². The first kappa shape index (κ1) is 17.3. The zero-order valence-electron chi connectivity index (χ0n) is 15.9. The van der Waals surface area contributed by atoms with Gasteiger partial charge in [-0.15, -0.1) is 0 Å². The third kappa shape index (κ3) is 2.85. The molecule has 1 unspecified atom stereocenters. The minimum absolute atomic E-state index is 0.179. The molecule has 3 heterocycles. The van der Waals surface area contributed by atoms with Gasteiger partial charge in [0.2, 0.25) is 0 Å². The molecule has 0 aromatic carbocycles. The molecule has 6 heteroatoms. The molecule has 3 aliphatic heterocycles. The first-order valence-electron chi connectivity index (χ1n) is 10.7. The van der Waals surface area contributed by atoms with Crippen molar-refractivity contribution < 1.29 is 14.3 Å². The second kappa shape index (κ2) is 6.64. The van der Waals surface area contributed by atoms with E-state index in [0.717, 1.165) is 65.4 Å². The number of likely N-dealkylation sites (tertiary alicyclic amines) is 1. The maximum Gasteiger partial charge on any atom is 0.317 e. The molecule has 0 radical (unpaired) electrons. The van der Waals surface area contributed by atoms with E-state index in [2.05, 4.69) is 15.1 Å². The van der Waals surface area contributed by atoms with E-state index in [-0.39, 0.29) is 11.6 Å². The second-order valence-corrected chi connectivity index (χ2v) is 9.22. The van der Waals surface area contributed by atoms with Crippen LogP contribution in [0.25, 0.3) is 0 Å². The number of ether oxygens (including phenoxy) is 2. The number of amides is 2. The molecule has 2 aliphatic carbocycles. The van der Waals surface area contributed by atoms with E-state index in [1.807, 2.05) is 0 Å². The molecular weight excluding hydrogens is 330 g/mol. The van der Waals surface area contributed by atoms with Gasteiger partial charge in [0.25, 0.3) is 0 Å². The number of nitrogens with one attached hydrogen (secondary N) is 1. The summed E-state index contributed by atoms with van der Waals surface area (Å²) in [5.41, 5.74) is 0.660. The fourth-order valence-electron chi connectivity index (χ4n) is 5.95. The van der Waals surface area contributed by atoms with Gasteiger partial charge in [0.1, 0.15) is 0 Å². The third-order valence-corrected chi connectivity index (χ3v) is 7.85. The molecule has 1 spiro atoms. The Morgan fingerprint density at radius 3 is 2.31 bits per heavy atom. The molecule has 0 aromatic rings. The molecule has 26 heavy (non-hydrogen) atoms. The summed E-state index contributed by atoms with van der Waals surface area (Å²) < 4.78 is 11.1. The van der Waals surface area contributed by atoms with Crippen LogP contribution in [0.4, 0.5) is 4.79 Å². The average molecular weight is 364 g/mol. The Bertz CT molecular complexity index is 534. The van der Waals surface area contributed by atoms with Crippen molar-refractivity contribution in [2.24, 2.45) is 11.3 Å². The summed E-state index contributed by atoms with van der Waals surface area (Å²) in [7, 11) is 0. The lowest BCUT2D eigenvalue weighted by Crippen LogP contribution is -2.73. The Hall–Kier alpha value is -0.850. The smallest absolute Gasteiger partial charge is 0.317 e. The van der Waals surface area contributed by atoms with Crippen molar-refractivity contribution in [3.05, 3.63) is 0 Å². The quantitative estimate of drug-likeness (QED) is 0.828. The van der Waals surface area contributed by atoms with E-state index in [4.69, 9.17) is 9.47 Å². The third-order valence-electron chi connectivity index (χ3n) is 7.85. The van der Waals surface area contributed by atoms with Crippen LogP contribution < -0.4 is 5.32 Å². The van der Waals surface area contributed by atoms with Crippen LogP contribution >= 0.6 is 0 Å². The van der Waals surface area contributed by atoms with Crippen LogP contribution in [0.1, 0.15) is 44.9 Å². The number of nitrogens with zero attached hydrogens (tertiary/aromatic N) is 2. The van der Waals surface area contributed by atoms with Crippen LogP contribution in [0.15, 0.2) is 0 Å². The molecule has 5 aliphatic rings. The number of carbonyl (C=O) groups excluding carboxylic acids is 1. The van der Waals surface area contributed by atoms with Crippen LogP contribution in [0.2, 0.25) is 0 Å². The number of morpholine rings is 1. The van der Waals surface area contributed by atoms with Gasteiger partial charge in [-0.1, -0.05) is 6.42 Å². The number of carbonyl (C=O) groups is 1. The summed E-state index contributed by atoms with van der Waals surface area (Å²) in [4.78, 5) is 17.7. The first-order chi connectivity index (χ1) is 12.7. The van der Waals surface area contributed by atoms with Gasteiger partial charge >= 0.3 is 6.03 Å². The molecule has 2 saturated carbocycles. The van der Waals surface area contributed by atoms with E-state index >= 15 is 0 Å². The zero-order chi connectivity index (χ0) is 17.6. The SMILES string of the molecule is O=C(NCC1(N2CCOCC2)CC1)N1CC2(CCC2)C1C1CCOCC1. The highest BCUT2D eigenvalue weighted by Crippen LogP contribution is 2.56. The van der Waals surface area contributed by atoms with Gasteiger partial charge in [-0.05, 0) is 44.4 Å². The van der Waals surface area contributed by atoms with Gasteiger partial charge in [0, 0.05) is 56.4 Å². The average Bonchev–Trinajstić information content (AvgIpc) is 3.41. The number of hydrogen-bond acceptors (Lipinski definition) is 4. The summed E-state index contributed by atoms with van der Waals surface area (Å²) in [5.74, 6) is 0.637. The predicted molar refractivity (Wildman–Crippen MR) is 98.1 cm³/mol. The summed E-state index contributed by atoms with van der Waals surface area (Å²) >= 11 is 0. The molecule has 0 aromatic heterocycles. The van der Waals surface area contributed by atoms with Crippen molar-refractivity contribution in [2.75, 3.05) is 52.6 Å². The standard InChI is InChI=1S/C20H33N3O3/c24-18(21-14-20(6-7-20)22-8-12-26-13-9-22)23-15-19(4-1-5-19)17(23)16-2-10-25-11-3-16/h16-17H,1-15H2,(H,21,24). The summed E-state index contributed by atoms with van der Waals surface area (Å²) in [6.45, 7) is 7.19. The molecule has 1 atom stereocenters. The van der Waals surface area contributed by atoms with Crippen molar-refractivity contribution in [3.8, 4) is 0 Å². The maximum absolute atomic E-state index is 13.0. The number of urea groups is 1. The van der Waals surface area contributed by atoms with Gasteiger partial charge < -0.3 is 19.7 Å². The van der Waals surface area contributed by atoms with Crippen molar-refractivity contribution >= 4 is 6.03 Å². The normalized spacial score (nSPS) is 33.4. The highest BCUT2D eigenvalue weighted by molar-refractivity contribution is 5.76. The van der Waals surface area contributed by atoms with Crippen LogP contribution in [0.5, 0.6) is 0 Å². The topological polar surface area (TPSA) is 54.0 Å². The molecule has 1 N–H and O–H groups in total. The first-order valence-corrected chi connectivity index (χ1v) is 10.7. The van der Waals surface area contributed by atoms with Crippen LogP contribution in [0.3, 0.4) is 0 Å². The molecule has 6 nitrogen and oxygen atoms in total. The molecular formula is C20H33N3O3. The van der Waals surface area contributed by atoms with Gasteiger partial charge in [-0.2, -0.15) is 0 Å². The van der Waals surface area contributed by atoms with Gasteiger partial charge in [-0.25, -0.2) is 4.79 Å². The van der Waals surface area contributed by atoms with Crippen molar-refractivity contribution in [3.63, 3.8) is 0 Å². The minimum Gasteiger partial charge on any atom is -0.381 e. The molecule has 3 saturated heterocycles. The molecule has 5 fully saturated rings. The van der Waals surface area contributed by atoms with Crippen molar-refractivity contribution in [1.82, 2.24) is 15.1 Å². The van der Waals surface area contributed by atoms with E-state index < -0.39 is 0 Å². The fourth-order valence-corrected chi connectivity index (χ4v) is 5.95. The van der Waals surface area contributed by atoms with Crippen LogP contribution in [-0.2, 0) is 9.47 Å². The lowest BCUT2D eigenvalue weighted by molar-refractivity contribution is -0.137. The Balaban J connectivity index is 1.20. The molecule has 0 bridgehead atoms. The highest BCUT2D eigenvalue weighted by atomic mass is 16.5. The van der Waals surface area contributed by atoms with Gasteiger partial charge in [0.15, 0.2) is 0 Å². The Morgan fingerprint density at radius 1 is 1.00 bits per heavy atom. The van der Waals surface area contributed by atoms with Crippen molar-refractivity contribution in [2.45, 2.75) is 56.5 Å². The predicted octanol–water partition coefficient (Wildman–Crippen LogP) is 1.84. The number of rotatable bonds is 4. The second-order valence-electron chi connectivity index (χ2n) is 9.22. The summed E-state index contributed by atoms with van der Waals surface area (Å²) in [6.07, 6.45) is 8.63. The van der Waals surface area contributed by atoms with Crippen LogP contribution in [0, 0.1) is 11.3 Å². The van der Waals surface area contributed by atoms with Crippen LogP contribution in [-0.4, -0.2) is 80.0 Å². The monoisotopic (exact) mass is 363 g/mol. The van der Waals surface area contributed by atoms with Gasteiger partial charge in [0.05, 0.1) is 13.2 Å². The van der Waals surface area contributed by atoms with Crippen molar-refractivity contribution in [1.29, 1.82) is 0 Å². The Labute approximate surface area is 156 Å². The zero-order valence-corrected chi connectivity index (χ0v) is 15.9. The Kier molecular flexibility index (Phi) is 4.41. The summed E-state index contributed by atoms with van der Waals surface area (Å²) in [5, 5.41) is 3.31. The van der Waals surface area contributed by atoms with E-state index in [0.29, 0.717) is 17.4 Å². The van der Waals surface area contributed by atoms with E-state index in [1.165, 1.54) is 32.1 Å². The molecule has 146 valence electrons. The number of hydrogen-bond donors (Lipinski definition) is 1. The summed E-state index contributed by atoms with van der Waals surface area (Å²) in [6, 6.07) is 0.636. The maximum atomic E-state index is 13.0. The largest absolute Gasteiger partial charge is 0.381 e. The lowest BCUT2D eigenvalue weighted by Gasteiger charge is -2.65. The Morgan fingerprint density at radius 2 is 1.69 bits per heavy atom. The minimum atomic E-state index is 0.179. The fraction of sp³-hybridized carbons (Fsp3) is 0.950. The lowest BCUT2D eigenvalue weighted by atomic mass is 9.54. The molecule has 5 rings (SSSR count). The molecule has 2 amide bonds. The van der Waals surface area contributed by atoms with E-state index in [9.17, 15) is 4.79 Å².